The van der Waals surface area contributed by atoms with Crippen molar-refractivity contribution >= 4 is 12.2 Å². The maximum Gasteiger partial charge on any atom is 0.410 e. The summed E-state index contributed by atoms with van der Waals surface area (Å²) in [6.07, 6.45) is 1.06. The minimum atomic E-state index is -0.623. The molecule has 194 valence electrons. The first-order valence-corrected chi connectivity index (χ1v) is 12.8. The Bertz CT molecular complexity index is 1180. The number of benzene rings is 2. The number of carbonyl (C=O) groups is 2. The molecule has 1 aliphatic rings. The molecule has 37 heavy (non-hydrogen) atoms. The maximum absolute atomic E-state index is 13.2. The number of ether oxygens (including phenoxy) is 2. The van der Waals surface area contributed by atoms with Gasteiger partial charge in [0, 0.05) is 24.2 Å². The summed E-state index contributed by atoms with van der Waals surface area (Å²) in [6.45, 7) is 6.29. The Kier molecular flexibility index (Phi) is 8.43. The zero-order chi connectivity index (χ0) is 26.3. The third-order valence-electron chi connectivity index (χ3n) is 6.22. The van der Waals surface area contributed by atoms with Gasteiger partial charge >= 0.3 is 12.2 Å². The van der Waals surface area contributed by atoms with Crippen LogP contribution in [-0.2, 0) is 22.5 Å². The van der Waals surface area contributed by atoms with Gasteiger partial charge in [0.1, 0.15) is 12.2 Å². The third kappa shape index (κ3) is 7.56. The van der Waals surface area contributed by atoms with E-state index in [-0.39, 0.29) is 24.8 Å². The second-order valence-corrected chi connectivity index (χ2v) is 10.3. The number of nitrogens with one attached hydrogen (secondary N) is 1. The van der Waals surface area contributed by atoms with Crippen molar-refractivity contribution < 1.29 is 19.1 Å². The standard InChI is InChI=1S/C30H35N3O4/c1-30(2,3)37-29(35)33-19-11-18-26(32-28(34)36-21-22-12-6-4-7-13-22)27(33)20-24-16-10-17-25(31-24)23-14-8-5-9-15-23/h4-10,12-17,26-27H,11,18-21H2,1-3H3,(H,32,34)/t26-,27-/m1/s1. The van der Waals surface area contributed by atoms with Crippen LogP contribution in [0.3, 0.4) is 0 Å². The number of nitrogens with zero attached hydrogens (tertiary/aromatic N) is 2. The molecule has 1 aromatic heterocycles. The molecule has 0 aliphatic carbocycles. The average Bonchev–Trinajstić information content (AvgIpc) is 2.89. The molecule has 1 fully saturated rings. The van der Waals surface area contributed by atoms with E-state index >= 15 is 0 Å². The van der Waals surface area contributed by atoms with Gasteiger partial charge in [0.2, 0.25) is 0 Å². The van der Waals surface area contributed by atoms with Crippen molar-refractivity contribution in [1.82, 2.24) is 15.2 Å². The summed E-state index contributed by atoms with van der Waals surface area (Å²) >= 11 is 0. The van der Waals surface area contributed by atoms with E-state index in [0.717, 1.165) is 35.4 Å². The third-order valence-corrected chi connectivity index (χ3v) is 6.22. The summed E-state index contributed by atoms with van der Waals surface area (Å²) < 4.78 is 11.2. The molecule has 0 bridgehead atoms. The molecule has 1 aliphatic heterocycles. The van der Waals surface area contributed by atoms with Gasteiger partial charge in [-0.1, -0.05) is 66.7 Å². The lowest BCUT2D eigenvalue weighted by Gasteiger charge is -2.41. The molecule has 0 spiro atoms. The van der Waals surface area contributed by atoms with Crippen LogP contribution in [0.15, 0.2) is 78.9 Å². The number of aromatic nitrogens is 1. The number of piperidine rings is 1. The predicted octanol–water partition coefficient (Wildman–Crippen LogP) is 5.99. The van der Waals surface area contributed by atoms with E-state index in [4.69, 9.17) is 14.5 Å². The van der Waals surface area contributed by atoms with Gasteiger partial charge in [0.05, 0.1) is 17.8 Å². The SMILES string of the molecule is CC(C)(C)OC(=O)N1CCC[C@@H](NC(=O)OCc2ccccc2)[C@H]1Cc1cccc(-c2ccccc2)n1. The fourth-order valence-corrected chi connectivity index (χ4v) is 4.52. The monoisotopic (exact) mass is 501 g/mol. The summed E-state index contributed by atoms with van der Waals surface area (Å²) in [5.41, 5.74) is 3.02. The highest BCUT2D eigenvalue weighted by Crippen LogP contribution is 2.25. The van der Waals surface area contributed by atoms with Crippen LogP contribution in [0.25, 0.3) is 11.3 Å². The van der Waals surface area contributed by atoms with Crippen LogP contribution in [0.5, 0.6) is 0 Å². The van der Waals surface area contributed by atoms with E-state index in [1.54, 1.807) is 4.90 Å². The number of hydrogen-bond acceptors (Lipinski definition) is 5. The van der Waals surface area contributed by atoms with Crippen LogP contribution in [0.1, 0.15) is 44.9 Å². The number of amides is 2. The number of pyridine rings is 1. The Morgan fingerprint density at radius 3 is 2.38 bits per heavy atom. The van der Waals surface area contributed by atoms with Crippen LogP contribution in [0.2, 0.25) is 0 Å². The molecule has 0 unspecified atom stereocenters. The quantitative estimate of drug-likeness (QED) is 0.449. The molecule has 1 saturated heterocycles. The predicted molar refractivity (Wildman–Crippen MR) is 143 cm³/mol. The second kappa shape index (κ2) is 11.9. The van der Waals surface area contributed by atoms with Gasteiger partial charge in [0.25, 0.3) is 0 Å². The topological polar surface area (TPSA) is 80.8 Å². The average molecular weight is 502 g/mol. The molecule has 3 aromatic rings. The highest BCUT2D eigenvalue weighted by molar-refractivity contribution is 5.70. The van der Waals surface area contributed by atoms with Gasteiger partial charge in [-0.25, -0.2) is 9.59 Å². The van der Waals surface area contributed by atoms with E-state index < -0.39 is 11.7 Å². The van der Waals surface area contributed by atoms with Crippen molar-refractivity contribution in [1.29, 1.82) is 0 Å². The number of alkyl carbamates (subject to hydrolysis) is 1. The van der Waals surface area contributed by atoms with E-state index in [9.17, 15) is 9.59 Å². The van der Waals surface area contributed by atoms with Gasteiger partial charge < -0.3 is 19.7 Å². The molecule has 0 radical (unpaired) electrons. The van der Waals surface area contributed by atoms with Crippen LogP contribution in [-0.4, -0.2) is 46.3 Å². The molecule has 2 heterocycles. The minimum absolute atomic E-state index is 0.181. The van der Waals surface area contributed by atoms with Gasteiger partial charge in [-0.05, 0) is 51.3 Å². The summed E-state index contributed by atoms with van der Waals surface area (Å²) in [6, 6.07) is 24.8. The molecule has 1 N–H and O–H groups in total. The van der Waals surface area contributed by atoms with Crippen LogP contribution in [0.4, 0.5) is 9.59 Å². The van der Waals surface area contributed by atoms with Crippen molar-refractivity contribution in [2.24, 2.45) is 0 Å². The molecular formula is C30H35N3O4. The minimum Gasteiger partial charge on any atom is -0.445 e. The molecule has 7 heteroatoms. The van der Waals surface area contributed by atoms with E-state index in [1.165, 1.54) is 0 Å². The zero-order valence-electron chi connectivity index (χ0n) is 21.7. The van der Waals surface area contributed by atoms with Gasteiger partial charge in [0.15, 0.2) is 0 Å². The van der Waals surface area contributed by atoms with Gasteiger partial charge in [-0.3, -0.25) is 4.98 Å². The smallest absolute Gasteiger partial charge is 0.410 e. The van der Waals surface area contributed by atoms with E-state index in [1.807, 2.05) is 99.6 Å². The lowest BCUT2D eigenvalue weighted by Crippen LogP contribution is -2.58. The van der Waals surface area contributed by atoms with E-state index in [2.05, 4.69) is 5.32 Å². The van der Waals surface area contributed by atoms with Gasteiger partial charge in [-0.15, -0.1) is 0 Å². The molecule has 2 atom stereocenters. The summed E-state index contributed by atoms with van der Waals surface area (Å²) in [4.78, 5) is 32.5. The Labute approximate surface area is 218 Å². The number of rotatable bonds is 6. The fourth-order valence-electron chi connectivity index (χ4n) is 4.52. The van der Waals surface area contributed by atoms with Crippen LogP contribution < -0.4 is 5.32 Å². The maximum atomic E-state index is 13.2. The summed E-state index contributed by atoms with van der Waals surface area (Å²) in [5, 5.41) is 3.02. The molecular weight excluding hydrogens is 466 g/mol. The number of hydrogen-bond donors (Lipinski definition) is 1. The first-order valence-electron chi connectivity index (χ1n) is 12.8. The first-order chi connectivity index (χ1) is 17.8. The fraction of sp³-hybridized carbons (Fsp3) is 0.367. The largest absolute Gasteiger partial charge is 0.445 e. The zero-order valence-corrected chi connectivity index (χ0v) is 21.7. The van der Waals surface area contributed by atoms with Crippen molar-refractivity contribution in [3.8, 4) is 11.3 Å². The highest BCUT2D eigenvalue weighted by Gasteiger charge is 2.38. The van der Waals surface area contributed by atoms with E-state index in [0.29, 0.717) is 13.0 Å². The van der Waals surface area contributed by atoms with Crippen LogP contribution in [0, 0.1) is 0 Å². The Morgan fingerprint density at radius 2 is 1.68 bits per heavy atom. The lowest BCUT2D eigenvalue weighted by molar-refractivity contribution is 0.00394. The van der Waals surface area contributed by atoms with Crippen molar-refractivity contribution in [2.45, 2.75) is 64.3 Å². The molecule has 4 rings (SSSR count). The Hall–Kier alpha value is -3.87. The first kappa shape index (κ1) is 26.2. The summed E-state index contributed by atoms with van der Waals surface area (Å²) in [5.74, 6) is 0. The molecule has 2 amide bonds. The normalized spacial score (nSPS) is 17.6. The molecule has 7 nitrogen and oxygen atoms in total. The molecule has 0 saturated carbocycles. The number of carbonyl (C=O) groups excluding carboxylic acids is 2. The lowest BCUT2D eigenvalue weighted by atomic mass is 9.92. The highest BCUT2D eigenvalue weighted by atomic mass is 16.6. The van der Waals surface area contributed by atoms with Crippen molar-refractivity contribution in [3.05, 3.63) is 90.1 Å². The molecule has 2 aromatic carbocycles. The number of likely N-dealkylation sites (tertiary alicyclic amines) is 1. The Morgan fingerprint density at radius 1 is 0.973 bits per heavy atom. The van der Waals surface area contributed by atoms with Gasteiger partial charge in [-0.2, -0.15) is 0 Å². The van der Waals surface area contributed by atoms with Crippen molar-refractivity contribution in [2.75, 3.05) is 6.54 Å². The summed E-state index contributed by atoms with van der Waals surface area (Å²) in [7, 11) is 0. The Balaban J connectivity index is 1.53. The van der Waals surface area contributed by atoms with Crippen molar-refractivity contribution in [3.63, 3.8) is 0 Å². The van der Waals surface area contributed by atoms with Crippen LogP contribution >= 0.6 is 0 Å². The second-order valence-electron chi connectivity index (χ2n) is 10.3.